The van der Waals surface area contributed by atoms with E-state index in [1.165, 1.54) is 11.0 Å². The molecule has 0 aliphatic carbocycles. The Kier molecular flexibility index (Phi) is 12.8. The highest BCUT2D eigenvalue weighted by Crippen LogP contribution is 2.38. The average Bonchev–Trinajstić information content (AvgIpc) is 3.54. The van der Waals surface area contributed by atoms with Crippen LogP contribution in [-0.4, -0.2) is 110 Å². The fraction of sp³-hybridized carbons (Fsp3) is 0.372. The van der Waals surface area contributed by atoms with E-state index in [2.05, 4.69) is 20.9 Å². The number of aromatic hydroxyl groups is 2. The number of aliphatic hydroxyl groups is 1. The lowest BCUT2D eigenvalue weighted by molar-refractivity contribution is -0.137. The Morgan fingerprint density at radius 1 is 0.949 bits per heavy atom. The second-order valence-electron chi connectivity index (χ2n) is 15.2. The first-order valence-electron chi connectivity index (χ1n) is 19.7. The number of piperazine rings is 1. The lowest BCUT2D eigenvalue weighted by Crippen LogP contribution is -2.52. The number of aliphatic hydroxyl groups excluding tert-OH is 1. The van der Waals surface area contributed by atoms with Gasteiger partial charge in [0.15, 0.2) is 0 Å². The van der Waals surface area contributed by atoms with Gasteiger partial charge in [-0.2, -0.15) is 0 Å². The molecule has 2 saturated heterocycles. The number of benzene rings is 3. The van der Waals surface area contributed by atoms with Crippen molar-refractivity contribution in [2.45, 2.75) is 71.5 Å². The highest BCUT2D eigenvalue weighted by atomic mass is 16.3. The van der Waals surface area contributed by atoms with E-state index in [1.54, 1.807) is 42.2 Å². The molecule has 3 aromatic carbocycles. The third-order valence-electron chi connectivity index (χ3n) is 10.9. The molecule has 0 saturated carbocycles. The van der Waals surface area contributed by atoms with E-state index in [0.29, 0.717) is 60.7 Å². The topological polar surface area (TPSA) is 233 Å². The molecule has 2 fully saturated rings. The van der Waals surface area contributed by atoms with Crippen LogP contribution in [0.15, 0.2) is 54.6 Å². The maximum atomic E-state index is 13.1. The maximum Gasteiger partial charge on any atom is 0.269 e. The van der Waals surface area contributed by atoms with Gasteiger partial charge in [-0.25, -0.2) is 0 Å². The number of carbonyl (C=O) groups excluding carboxylic acids is 6. The second-order valence-corrected chi connectivity index (χ2v) is 15.2. The highest BCUT2D eigenvalue weighted by molar-refractivity contribution is 6.56. The van der Waals surface area contributed by atoms with Crippen LogP contribution in [-0.2, 0) is 37.1 Å². The van der Waals surface area contributed by atoms with Crippen molar-refractivity contribution in [3.63, 3.8) is 0 Å². The summed E-state index contributed by atoms with van der Waals surface area (Å²) in [6, 6.07) is 13.8. The molecule has 1 unspecified atom stereocenters. The lowest BCUT2D eigenvalue weighted by Gasteiger charge is -2.34. The Morgan fingerprint density at radius 3 is 2.32 bits per heavy atom. The predicted molar refractivity (Wildman–Crippen MR) is 218 cm³/mol. The van der Waals surface area contributed by atoms with Crippen molar-refractivity contribution in [2.24, 2.45) is 0 Å². The maximum absolute atomic E-state index is 13.1. The van der Waals surface area contributed by atoms with Crippen molar-refractivity contribution >= 4 is 58.2 Å². The molecule has 3 aromatic rings. The number of hydrogen-bond acceptors (Lipinski definition) is 11. The summed E-state index contributed by atoms with van der Waals surface area (Å²) in [6.07, 6.45) is 0.300. The van der Waals surface area contributed by atoms with E-state index in [4.69, 9.17) is 5.41 Å². The number of hydrogen-bond donors (Lipinski definition) is 7. The van der Waals surface area contributed by atoms with E-state index >= 15 is 0 Å². The van der Waals surface area contributed by atoms with E-state index < -0.39 is 35.1 Å². The number of nitrogens with one attached hydrogen (secondary N) is 4. The molecule has 3 aliphatic heterocycles. The van der Waals surface area contributed by atoms with Gasteiger partial charge >= 0.3 is 0 Å². The minimum atomic E-state index is -0.776. The molecule has 3 aliphatic rings. The van der Waals surface area contributed by atoms with Gasteiger partial charge in [0.2, 0.25) is 23.6 Å². The SMILES string of the molecule is CCNC(=O)C(=N)/C(=C(\O)c1cc(C(C)C)c(O)cc1O)c1ccc(CN2CCN(C(=O)CCC(=O)Nc3cccc4c3CN(C3CCC(=O)NC3=O)C4=O)CC2)cc1. The molecule has 310 valence electrons. The molecule has 16 heteroatoms. The summed E-state index contributed by atoms with van der Waals surface area (Å²) in [7, 11) is 0. The van der Waals surface area contributed by atoms with Gasteiger partial charge in [-0.1, -0.05) is 44.2 Å². The van der Waals surface area contributed by atoms with E-state index in [0.717, 1.165) is 11.6 Å². The molecule has 7 N–H and O–H groups in total. The summed E-state index contributed by atoms with van der Waals surface area (Å²) in [4.78, 5) is 81.4. The molecule has 0 aromatic heterocycles. The Hall–Kier alpha value is -6.55. The number of phenols is 2. The molecule has 6 amide bonds. The second kappa shape index (κ2) is 17.9. The first-order chi connectivity index (χ1) is 28.2. The van der Waals surface area contributed by atoms with E-state index in [1.807, 2.05) is 26.0 Å². The zero-order chi connectivity index (χ0) is 42.5. The van der Waals surface area contributed by atoms with Crippen molar-refractivity contribution in [1.82, 2.24) is 25.3 Å². The van der Waals surface area contributed by atoms with Crippen LogP contribution in [0.1, 0.15) is 90.5 Å². The minimum Gasteiger partial charge on any atom is -0.508 e. The van der Waals surface area contributed by atoms with Crippen LogP contribution in [0.4, 0.5) is 5.69 Å². The normalized spacial score (nSPS) is 17.4. The molecule has 0 spiro atoms. The Morgan fingerprint density at radius 2 is 1.66 bits per heavy atom. The zero-order valence-corrected chi connectivity index (χ0v) is 33.3. The van der Waals surface area contributed by atoms with Crippen molar-refractivity contribution in [2.75, 3.05) is 38.0 Å². The first kappa shape index (κ1) is 42.1. The van der Waals surface area contributed by atoms with Gasteiger partial charge in [0.05, 0.1) is 11.1 Å². The number of anilines is 1. The predicted octanol–water partition coefficient (Wildman–Crippen LogP) is 3.63. The van der Waals surface area contributed by atoms with Crippen molar-refractivity contribution < 1.29 is 44.1 Å². The van der Waals surface area contributed by atoms with Gasteiger partial charge in [-0.3, -0.25) is 44.4 Å². The number of carbonyl (C=O) groups is 6. The Labute approximate surface area is 341 Å². The molecule has 0 radical (unpaired) electrons. The summed E-state index contributed by atoms with van der Waals surface area (Å²) in [5.74, 6) is -3.64. The lowest BCUT2D eigenvalue weighted by atomic mass is 9.92. The third-order valence-corrected chi connectivity index (χ3v) is 10.9. The summed E-state index contributed by atoms with van der Waals surface area (Å²) in [5, 5.41) is 48.8. The number of fused-ring (bicyclic) bond motifs is 1. The first-order valence-corrected chi connectivity index (χ1v) is 19.7. The number of amides is 6. The fourth-order valence-corrected chi connectivity index (χ4v) is 7.63. The zero-order valence-electron chi connectivity index (χ0n) is 33.3. The molecule has 3 heterocycles. The van der Waals surface area contributed by atoms with Crippen LogP contribution in [0.3, 0.4) is 0 Å². The Bertz CT molecular complexity index is 2230. The standard InChI is InChI=1S/C43H49N7O9/c1-4-45-42(58)39(44)38(40(56)29-20-28(24(2)3)33(51)21-34(29)52)26-10-8-25(9-11-26)22-48-16-18-49(19-17-48)37(55)15-14-35(53)46-31-7-5-6-27-30(31)23-50(43(27)59)32-12-13-36(54)47-41(32)57/h5-11,20-21,24,32,44,51-52,56H,4,12-19,22-23H2,1-3H3,(H,45,58)(H,46,53)(H,47,54,57)/b40-38-,44-39?. The summed E-state index contributed by atoms with van der Waals surface area (Å²) in [6.45, 7) is 8.41. The van der Waals surface area contributed by atoms with Crippen molar-refractivity contribution in [3.8, 4) is 11.5 Å². The quantitative estimate of drug-likeness (QED) is 0.0574. The third kappa shape index (κ3) is 9.28. The van der Waals surface area contributed by atoms with Crippen LogP contribution in [0.5, 0.6) is 11.5 Å². The minimum absolute atomic E-state index is 0.00166. The molecular formula is C43H49N7O9. The van der Waals surface area contributed by atoms with Gasteiger partial charge in [0.25, 0.3) is 11.8 Å². The number of nitrogens with zero attached hydrogens (tertiary/aromatic N) is 3. The molecule has 1 atom stereocenters. The monoisotopic (exact) mass is 807 g/mol. The van der Waals surface area contributed by atoms with Crippen LogP contribution >= 0.6 is 0 Å². The number of rotatable bonds is 13. The van der Waals surface area contributed by atoms with Crippen LogP contribution in [0, 0.1) is 5.41 Å². The van der Waals surface area contributed by atoms with Crippen LogP contribution in [0.2, 0.25) is 0 Å². The summed E-state index contributed by atoms with van der Waals surface area (Å²) < 4.78 is 0. The van der Waals surface area contributed by atoms with E-state index in [-0.39, 0.29) is 85.2 Å². The van der Waals surface area contributed by atoms with Crippen molar-refractivity contribution in [3.05, 3.63) is 88.0 Å². The van der Waals surface area contributed by atoms with Crippen LogP contribution < -0.4 is 16.0 Å². The van der Waals surface area contributed by atoms with Gasteiger partial charge in [0, 0.05) is 88.0 Å². The van der Waals surface area contributed by atoms with Gasteiger partial charge in [-0.15, -0.1) is 0 Å². The number of piperidine rings is 1. The Balaban J connectivity index is 1.03. The van der Waals surface area contributed by atoms with E-state index in [9.17, 15) is 44.1 Å². The smallest absolute Gasteiger partial charge is 0.269 e. The summed E-state index contributed by atoms with van der Waals surface area (Å²) in [5.41, 5.74) is 2.56. The average molecular weight is 808 g/mol. The van der Waals surface area contributed by atoms with Gasteiger partial charge in [0.1, 0.15) is 29.0 Å². The highest BCUT2D eigenvalue weighted by Gasteiger charge is 2.40. The molecule has 16 nitrogen and oxygen atoms in total. The molecule has 6 rings (SSSR count). The van der Waals surface area contributed by atoms with Crippen LogP contribution in [0.25, 0.3) is 11.3 Å². The molecule has 0 bridgehead atoms. The van der Waals surface area contributed by atoms with Crippen molar-refractivity contribution in [1.29, 1.82) is 5.41 Å². The molecule has 59 heavy (non-hydrogen) atoms. The number of phenolic OH excluding ortho intramolecular Hbond substituents is 2. The van der Waals surface area contributed by atoms with Gasteiger partial charge < -0.3 is 35.8 Å². The van der Waals surface area contributed by atoms with Gasteiger partial charge in [-0.05, 0) is 54.2 Å². The summed E-state index contributed by atoms with van der Waals surface area (Å²) >= 11 is 0. The largest absolute Gasteiger partial charge is 0.508 e. The molecular weight excluding hydrogens is 759 g/mol. The number of imide groups is 1. The fourth-order valence-electron chi connectivity index (χ4n) is 7.63.